The topological polar surface area (TPSA) is 79.8 Å². The van der Waals surface area contributed by atoms with Crippen LogP contribution in [0.1, 0.15) is 17.7 Å². The highest BCUT2D eigenvalue weighted by Crippen LogP contribution is 2.19. The Kier molecular flexibility index (Phi) is 7.47. The van der Waals surface area contributed by atoms with Crippen molar-refractivity contribution in [2.75, 3.05) is 33.0 Å². The van der Waals surface area contributed by atoms with Crippen molar-refractivity contribution in [2.45, 2.75) is 17.7 Å². The number of ether oxygens (including phenoxy) is 1. The summed E-state index contributed by atoms with van der Waals surface area (Å²) in [6.45, 7) is 4.00. The first-order valence-corrected chi connectivity index (χ1v) is 11.1. The highest BCUT2D eigenvalue weighted by atomic mass is 32.2. The van der Waals surface area contributed by atoms with E-state index in [1.807, 2.05) is 0 Å². The van der Waals surface area contributed by atoms with Gasteiger partial charge in [0.2, 0.25) is 0 Å². The maximum atomic E-state index is 11.4. The number of nitrogens with one attached hydrogen (secondary N) is 2. The molecule has 26 heavy (non-hydrogen) atoms. The summed E-state index contributed by atoms with van der Waals surface area (Å²) >= 11 is 1.75. The van der Waals surface area contributed by atoms with Gasteiger partial charge in [-0.15, -0.1) is 11.3 Å². The molecule has 6 nitrogen and oxygen atoms in total. The van der Waals surface area contributed by atoms with E-state index in [0.717, 1.165) is 12.5 Å². The summed E-state index contributed by atoms with van der Waals surface area (Å²) in [6.07, 6.45) is 1.19. The Bertz CT molecular complexity index is 801. The number of guanidine groups is 1. The van der Waals surface area contributed by atoms with Gasteiger partial charge in [-0.2, -0.15) is 0 Å². The second-order valence-electron chi connectivity index (χ2n) is 5.89. The molecule has 0 aliphatic heterocycles. The van der Waals surface area contributed by atoms with Crippen LogP contribution in [0.25, 0.3) is 0 Å². The number of hydrogen-bond acceptors (Lipinski definition) is 5. The van der Waals surface area contributed by atoms with E-state index < -0.39 is 9.84 Å². The predicted octanol–water partition coefficient (Wildman–Crippen LogP) is 2.50. The first kappa shape index (κ1) is 20.3. The molecule has 1 atom stereocenters. The zero-order chi connectivity index (χ0) is 19.0. The fourth-order valence-corrected chi connectivity index (χ4v) is 3.68. The monoisotopic (exact) mass is 395 g/mol. The van der Waals surface area contributed by atoms with E-state index >= 15 is 0 Å². The highest BCUT2D eigenvalue weighted by Gasteiger charge is 2.08. The van der Waals surface area contributed by atoms with Crippen molar-refractivity contribution in [1.82, 2.24) is 10.6 Å². The molecule has 0 saturated carbocycles. The van der Waals surface area contributed by atoms with Crippen molar-refractivity contribution in [3.63, 3.8) is 0 Å². The van der Waals surface area contributed by atoms with Crippen LogP contribution >= 0.6 is 11.3 Å². The average Bonchev–Trinajstić information content (AvgIpc) is 3.15. The van der Waals surface area contributed by atoms with E-state index in [0.29, 0.717) is 24.8 Å². The van der Waals surface area contributed by atoms with Crippen molar-refractivity contribution in [3.05, 3.63) is 46.7 Å². The summed E-state index contributed by atoms with van der Waals surface area (Å²) in [4.78, 5) is 5.83. The Labute approximate surface area is 159 Å². The normalized spacial score (nSPS) is 13.3. The Morgan fingerprint density at radius 1 is 1.23 bits per heavy atom. The molecule has 8 heteroatoms. The third kappa shape index (κ3) is 6.34. The van der Waals surface area contributed by atoms with Gasteiger partial charge in [-0.3, -0.25) is 4.99 Å². The lowest BCUT2D eigenvalue weighted by molar-refractivity contribution is 0.321. The largest absolute Gasteiger partial charge is 0.492 e. The zero-order valence-electron chi connectivity index (χ0n) is 15.2. The van der Waals surface area contributed by atoms with Crippen molar-refractivity contribution in [2.24, 2.45) is 4.99 Å². The molecule has 0 aliphatic rings. The molecule has 2 N–H and O–H groups in total. The molecule has 0 aliphatic carbocycles. The van der Waals surface area contributed by atoms with Crippen molar-refractivity contribution >= 4 is 27.1 Å². The van der Waals surface area contributed by atoms with Crippen LogP contribution in [-0.4, -0.2) is 47.4 Å². The number of rotatable bonds is 8. The minimum Gasteiger partial charge on any atom is -0.492 e. The quantitative estimate of drug-likeness (QED) is 0.408. The van der Waals surface area contributed by atoms with Gasteiger partial charge in [-0.1, -0.05) is 13.0 Å². The van der Waals surface area contributed by atoms with Crippen LogP contribution in [0.2, 0.25) is 0 Å². The molecular weight excluding hydrogens is 370 g/mol. The van der Waals surface area contributed by atoms with E-state index in [4.69, 9.17) is 4.74 Å². The smallest absolute Gasteiger partial charge is 0.191 e. The molecule has 0 fully saturated rings. The maximum absolute atomic E-state index is 11.4. The number of nitrogens with zero attached hydrogens (tertiary/aromatic N) is 1. The molecule has 142 valence electrons. The fraction of sp³-hybridized carbons (Fsp3) is 0.389. The Morgan fingerprint density at radius 2 is 1.96 bits per heavy atom. The number of benzene rings is 1. The lowest BCUT2D eigenvalue weighted by atomic mass is 10.1. The fourth-order valence-electron chi connectivity index (χ4n) is 2.26. The Hall–Kier alpha value is -2.06. The van der Waals surface area contributed by atoms with E-state index in [-0.39, 0.29) is 4.90 Å². The van der Waals surface area contributed by atoms with Crippen molar-refractivity contribution < 1.29 is 13.2 Å². The Balaban J connectivity index is 1.70. The van der Waals surface area contributed by atoms with E-state index in [1.165, 1.54) is 11.1 Å². The second-order valence-corrected chi connectivity index (χ2v) is 8.88. The molecule has 1 unspecified atom stereocenters. The molecular formula is C18H25N3O3S2. The number of hydrogen-bond donors (Lipinski definition) is 2. The van der Waals surface area contributed by atoms with Gasteiger partial charge in [0.1, 0.15) is 12.4 Å². The van der Waals surface area contributed by atoms with Gasteiger partial charge in [0.15, 0.2) is 15.8 Å². The third-order valence-electron chi connectivity index (χ3n) is 3.74. The highest BCUT2D eigenvalue weighted by molar-refractivity contribution is 7.90. The van der Waals surface area contributed by atoms with E-state index in [1.54, 1.807) is 42.6 Å². The first-order chi connectivity index (χ1) is 12.4. The molecule has 2 aromatic rings. The maximum Gasteiger partial charge on any atom is 0.191 e. The van der Waals surface area contributed by atoms with Gasteiger partial charge in [0, 0.05) is 30.6 Å². The second kappa shape index (κ2) is 9.59. The number of aliphatic imine (C=N–C) groups is 1. The molecule has 0 bridgehead atoms. The van der Waals surface area contributed by atoms with Crippen LogP contribution < -0.4 is 15.4 Å². The van der Waals surface area contributed by atoms with Crippen LogP contribution in [0.3, 0.4) is 0 Å². The first-order valence-electron chi connectivity index (χ1n) is 8.31. The summed E-state index contributed by atoms with van der Waals surface area (Å²) < 4.78 is 28.5. The van der Waals surface area contributed by atoms with Gasteiger partial charge in [0.05, 0.1) is 11.4 Å². The summed E-state index contributed by atoms with van der Waals surface area (Å²) in [5.74, 6) is 1.77. The van der Waals surface area contributed by atoms with E-state index in [9.17, 15) is 8.42 Å². The predicted molar refractivity (Wildman–Crippen MR) is 107 cm³/mol. The minimum absolute atomic E-state index is 0.285. The minimum atomic E-state index is -3.18. The summed E-state index contributed by atoms with van der Waals surface area (Å²) in [6, 6.07) is 10.6. The number of thiophene rings is 1. The standard InChI is InChI=1S/C18H25N3O3S2/c1-14(17-5-4-12-25-17)13-21-18(19-2)20-10-11-24-15-6-8-16(9-7-15)26(3,22)23/h4-9,12,14H,10-11,13H2,1-3H3,(H2,19,20,21). The lowest BCUT2D eigenvalue weighted by Crippen LogP contribution is -2.40. The summed E-state index contributed by atoms with van der Waals surface area (Å²) in [5.41, 5.74) is 0. The molecule has 1 aromatic heterocycles. The molecule has 1 heterocycles. The van der Waals surface area contributed by atoms with Crippen LogP contribution in [-0.2, 0) is 9.84 Å². The van der Waals surface area contributed by atoms with Crippen LogP contribution in [0.15, 0.2) is 51.7 Å². The average molecular weight is 396 g/mol. The SMILES string of the molecule is CN=C(NCCOc1ccc(S(C)(=O)=O)cc1)NCC(C)c1cccs1. The van der Waals surface area contributed by atoms with Gasteiger partial charge in [-0.05, 0) is 35.7 Å². The lowest BCUT2D eigenvalue weighted by Gasteiger charge is -2.15. The molecule has 0 saturated heterocycles. The van der Waals surface area contributed by atoms with Crippen LogP contribution in [0, 0.1) is 0 Å². The molecule has 1 aromatic carbocycles. The molecule has 0 spiro atoms. The third-order valence-corrected chi connectivity index (χ3v) is 5.98. The summed E-state index contributed by atoms with van der Waals surface area (Å²) in [5, 5.41) is 8.58. The van der Waals surface area contributed by atoms with Crippen molar-refractivity contribution in [1.29, 1.82) is 0 Å². The van der Waals surface area contributed by atoms with Crippen LogP contribution in [0.5, 0.6) is 5.75 Å². The van der Waals surface area contributed by atoms with Gasteiger partial charge >= 0.3 is 0 Å². The van der Waals surface area contributed by atoms with Crippen LogP contribution in [0.4, 0.5) is 0 Å². The van der Waals surface area contributed by atoms with Crippen molar-refractivity contribution in [3.8, 4) is 5.75 Å². The van der Waals surface area contributed by atoms with Gasteiger partial charge in [-0.25, -0.2) is 8.42 Å². The van der Waals surface area contributed by atoms with Gasteiger partial charge < -0.3 is 15.4 Å². The Morgan fingerprint density at radius 3 is 2.54 bits per heavy atom. The van der Waals surface area contributed by atoms with Gasteiger partial charge in [0.25, 0.3) is 0 Å². The molecule has 0 amide bonds. The summed E-state index contributed by atoms with van der Waals surface area (Å²) in [7, 11) is -1.45. The molecule has 0 radical (unpaired) electrons. The zero-order valence-corrected chi connectivity index (χ0v) is 16.9. The molecule has 2 rings (SSSR count). The van der Waals surface area contributed by atoms with E-state index in [2.05, 4.69) is 40.1 Å². The number of sulfone groups is 1.